The fourth-order valence-corrected chi connectivity index (χ4v) is 1.81. The summed E-state index contributed by atoms with van der Waals surface area (Å²) in [6, 6.07) is 10.4. The van der Waals surface area contributed by atoms with Crippen LogP contribution in [0.25, 0.3) is 0 Å². The van der Waals surface area contributed by atoms with Crippen molar-refractivity contribution in [2.75, 3.05) is 19.0 Å². The fraction of sp³-hybridized carbons (Fsp3) is 0.214. The van der Waals surface area contributed by atoms with E-state index in [0.29, 0.717) is 24.4 Å². The number of nitrogens with one attached hydrogen (secondary N) is 1. The third kappa shape index (κ3) is 3.44. The van der Waals surface area contributed by atoms with Crippen molar-refractivity contribution in [3.05, 3.63) is 58.4 Å². The van der Waals surface area contributed by atoms with E-state index in [2.05, 4.69) is 10.3 Å². The third-order valence-electron chi connectivity index (χ3n) is 2.82. The molecule has 20 heavy (non-hydrogen) atoms. The molecule has 1 N–H and O–H groups in total. The molecule has 0 saturated heterocycles. The first-order valence-corrected chi connectivity index (χ1v) is 6.17. The molecule has 6 nitrogen and oxygen atoms in total. The molecule has 0 unspecified atom stereocenters. The molecule has 0 aliphatic heterocycles. The van der Waals surface area contributed by atoms with Gasteiger partial charge in [0.1, 0.15) is 11.4 Å². The van der Waals surface area contributed by atoms with E-state index in [-0.39, 0.29) is 5.69 Å². The number of methoxy groups -OCH3 is 1. The summed E-state index contributed by atoms with van der Waals surface area (Å²) in [5.74, 6) is 0.465. The van der Waals surface area contributed by atoms with Crippen molar-refractivity contribution in [1.29, 1.82) is 0 Å². The van der Waals surface area contributed by atoms with Gasteiger partial charge in [-0.2, -0.15) is 0 Å². The maximum Gasteiger partial charge on any atom is 0.296 e. The zero-order valence-electron chi connectivity index (χ0n) is 11.1. The number of aromatic nitrogens is 1. The second-order valence-corrected chi connectivity index (χ2v) is 4.14. The van der Waals surface area contributed by atoms with Gasteiger partial charge in [0.25, 0.3) is 5.69 Å². The molecule has 6 heteroatoms. The lowest BCUT2D eigenvalue weighted by atomic mass is 10.2. The van der Waals surface area contributed by atoms with Crippen molar-refractivity contribution in [3.8, 4) is 5.75 Å². The molecular weight excluding hydrogens is 258 g/mol. The largest absolute Gasteiger partial charge is 0.496 e. The fourth-order valence-electron chi connectivity index (χ4n) is 1.81. The van der Waals surface area contributed by atoms with Crippen LogP contribution in [0.5, 0.6) is 5.75 Å². The van der Waals surface area contributed by atoms with Gasteiger partial charge in [-0.05, 0) is 24.3 Å². The number of nitrogens with zero attached hydrogens (tertiary/aromatic N) is 2. The molecular formula is C14H15N3O3. The Labute approximate surface area is 116 Å². The van der Waals surface area contributed by atoms with Gasteiger partial charge in [-0.1, -0.05) is 6.07 Å². The lowest BCUT2D eigenvalue weighted by molar-refractivity contribution is -0.384. The average Bonchev–Trinajstić information content (AvgIpc) is 2.48. The molecule has 2 rings (SSSR count). The van der Waals surface area contributed by atoms with Crippen molar-refractivity contribution in [2.45, 2.75) is 6.42 Å². The molecule has 1 heterocycles. The van der Waals surface area contributed by atoms with Crippen LogP contribution in [0.3, 0.4) is 0 Å². The van der Waals surface area contributed by atoms with Gasteiger partial charge in [0.15, 0.2) is 0 Å². The Kier molecular flexibility index (Phi) is 4.49. The Morgan fingerprint density at radius 2 is 2.20 bits per heavy atom. The first-order valence-electron chi connectivity index (χ1n) is 6.17. The first kappa shape index (κ1) is 13.8. The van der Waals surface area contributed by atoms with Crippen LogP contribution in [-0.2, 0) is 6.42 Å². The van der Waals surface area contributed by atoms with Crippen molar-refractivity contribution >= 4 is 11.4 Å². The molecule has 0 spiro atoms. The number of hydrogen-bond acceptors (Lipinski definition) is 5. The maximum atomic E-state index is 11.0. The van der Waals surface area contributed by atoms with Gasteiger partial charge in [0.05, 0.1) is 18.1 Å². The lowest BCUT2D eigenvalue weighted by Gasteiger charge is -2.08. The van der Waals surface area contributed by atoms with Crippen molar-refractivity contribution in [3.63, 3.8) is 0 Å². The number of benzene rings is 1. The Hall–Kier alpha value is -2.63. The summed E-state index contributed by atoms with van der Waals surface area (Å²) < 4.78 is 4.99. The Morgan fingerprint density at radius 1 is 1.35 bits per heavy atom. The highest BCUT2D eigenvalue weighted by molar-refractivity contribution is 5.63. The van der Waals surface area contributed by atoms with Crippen LogP contribution in [-0.4, -0.2) is 23.6 Å². The van der Waals surface area contributed by atoms with Crippen LogP contribution in [0.15, 0.2) is 42.6 Å². The summed E-state index contributed by atoms with van der Waals surface area (Å²) in [6.07, 6.45) is 2.43. The smallest absolute Gasteiger partial charge is 0.296 e. The van der Waals surface area contributed by atoms with E-state index in [1.54, 1.807) is 18.3 Å². The molecule has 0 aliphatic rings. The second-order valence-electron chi connectivity index (χ2n) is 4.14. The number of anilines is 1. The molecule has 1 aromatic heterocycles. The number of hydrogen-bond donors (Lipinski definition) is 1. The highest BCUT2D eigenvalue weighted by Crippen LogP contribution is 2.28. The van der Waals surface area contributed by atoms with Gasteiger partial charge in [-0.15, -0.1) is 0 Å². The number of ether oxygens (including phenoxy) is 1. The zero-order chi connectivity index (χ0) is 14.4. The van der Waals surface area contributed by atoms with Crippen LogP contribution < -0.4 is 10.1 Å². The summed E-state index contributed by atoms with van der Waals surface area (Å²) in [6.45, 7) is 0.574. The molecule has 104 valence electrons. The van der Waals surface area contributed by atoms with E-state index >= 15 is 0 Å². The van der Waals surface area contributed by atoms with E-state index in [4.69, 9.17) is 4.74 Å². The van der Waals surface area contributed by atoms with Crippen LogP contribution in [0.2, 0.25) is 0 Å². The van der Waals surface area contributed by atoms with Gasteiger partial charge >= 0.3 is 0 Å². The molecule has 0 saturated carbocycles. The van der Waals surface area contributed by atoms with E-state index in [9.17, 15) is 10.1 Å². The molecule has 0 amide bonds. The Bertz CT molecular complexity index is 587. The van der Waals surface area contributed by atoms with Crippen molar-refractivity contribution in [2.24, 2.45) is 0 Å². The molecule has 0 radical (unpaired) electrons. The van der Waals surface area contributed by atoms with Gasteiger partial charge in [-0.3, -0.25) is 15.1 Å². The molecule has 0 fully saturated rings. The van der Waals surface area contributed by atoms with Gasteiger partial charge in [0, 0.05) is 24.9 Å². The Balaban J connectivity index is 2.04. The molecule has 1 aromatic carbocycles. The predicted molar refractivity (Wildman–Crippen MR) is 76.1 cm³/mol. The lowest BCUT2D eigenvalue weighted by Crippen LogP contribution is -2.07. The number of rotatable bonds is 6. The first-order chi connectivity index (χ1) is 9.70. The summed E-state index contributed by atoms with van der Waals surface area (Å²) in [5.41, 5.74) is 1.42. The predicted octanol–water partition coefficient (Wildman–Crippen LogP) is 2.65. The SMILES string of the molecule is COc1ccc(NCCc2ccccn2)c([N+](=O)[O-])c1. The minimum Gasteiger partial charge on any atom is -0.496 e. The summed E-state index contributed by atoms with van der Waals surface area (Å²) in [4.78, 5) is 14.8. The molecule has 2 aromatic rings. The minimum atomic E-state index is -0.425. The highest BCUT2D eigenvalue weighted by Gasteiger charge is 2.14. The Morgan fingerprint density at radius 3 is 2.85 bits per heavy atom. The van der Waals surface area contributed by atoms with Gasteiger partial charge in [-0.25, -0.2) is 0 Å². The van der Waals surface area contributed by atoms with Gasteiger partial charge < -0.3 is 10.1 Å². The van der Waals surface area contributed by atoms with Gasteiger partial charge in [0.2, 0.25) is 0 Å². The molecule has 0 bridgehead atoms. The maximum absolute atomic E-state index is 11.0. The standard InChI is InChI=1S/C14H15N3O3/c1-20-12-5-6-13(14(10-12)17(18)19)16-9-7-11-4-2-3-8-15-11/h2-6,8,10,16H,7,9H2,1H3. The quantitative estimate of drug-likeness (QED) is 0.646. The van der Waals surface area contributed by atoms with E-state index in [1.165, 1.54) is 13.2 Å². The average molecular weight is 273 g/mol. The second kappa shape index (κ2) is 6.51. The van der Waals surface area contributed by atoms with Crippen LogP contribution in [0, 0.1) is 10.1 Å². The monoisotopic (exact) mass is 273 g/mol. The van der Waals surface area contributed by atoms with Crippen molar-refractivity contribution < 1.29 is 9.66 Å². The summed E-state index contributed by atoms with van der Waals surface area (Å²) in [5, 5.41) is 14.1. The van der Waals surface area contributed by atoms with E-state index in [1.807, 2.05) is 18.2 Å². The topological polar surface area (TPSA) is 77.3 Å². The molecule has 0 atom stereocenters. The van der Waals surface area contributed by atoms with Crippen LogP contribution in [0.1, 0.15) is 5.69 Å². The minimum absolute atomic E-state index is 0.00497. The summed E-state index contributed by atoms with van der Waals surface area (Å²) >= 11 is 0. The van der Waals surface area contributed by atoms with E-state index in [0.717, 1.165) is 5.69 Å². The molecule has 0 aliphatic carbocycles. The summed E-state index contributed by atoms with van der Waals surface area (Å²) in [7, 11) is 1.48. The van der Waals surface area contributed by atoms with Crippen LogP contribution >= 0.6 is 0 Å². The normalized spacial score (nSPS) is 10.1. The number of pyridine rings is 1. The number of nitro groups is 1. The highest BCUT2D eigenvalue weighted by atomic mass is 16.6. The van der Waals surface area contributed by atoms with Crippen LogP contribution in [0.4, 0.5) is 11.4 Å². The van der Waals surface area contributed by atoms with E-state index < -0.39 is 4.92 Å². The third-order valence-corrected chi connectivity index (χ3v) is 2.82. The number of nitro benzene ring substituents is 1. The zero-order valence-corrected chi connectivity index (χ0v) is 11.1. The van der Waals surface area contributed by atoms with Crippen molar-refractivity contribution in [1.82, 2.24) is 4.98 Å².